The van der Waals surface area contributed by atoms with Gasteiger partial charge in [0.2, 0.25) is 20.0 Å². The molecule has 6 aromatic rings. The molecule has 0 amide bonds. The van der Waals surface area contributed by atoms with E-state index in [1.54, 1.807) is 46.9 Å². The summed E-state index contributed by atoms with van der Waals surface area (Å²) in [6.07, 6.45) is 3.81. The summed E-state index contributed by atoms with van der Waals surface area (Å²) in [5.74, 6) is 2.66. The average Bonchev–Trinajstić information content (AvgIpc) is 4.05. The zero-order chi connectivity index (χ0) is 48.3. The first-order valence-electron chi connectivity index (χ1n) is 22.5. The first-order chi connectivity index (χ1) is 32.9. The molecule has 0 radical (unpaired) electrons. The van der Waals surface area contributed by atoms with Gasteiger partial charge in [-0.2, -0.15) is 8.61 Å². The van der Waals surface area contributed by atoms with E-state index in [0.717, 1.165) is 53.1 Å². The Kier molecular flexibility index (Phi) is 17.2. The van der Waals surface area contributed by atoms with Gasteiger partial charge < -0.3 is 33.5 Å². The van der Waals surface area contributed by atoms with Gasteiger partial charge in [0.15, 0.2) is 33.3 Å². The molecule has 68 heavy (non-hydrogen) atoms. The van der Waals surface area contributed by atoms with Gasteiger partial charge in [-0.1, -0.05) is 49.7 Å². The highest BCUT2D eigenvalue weighted by molar-refractivity contribution is 7.89. The van der Waals surface area contributed by atoms with Gasteiger partial charge >= 0.3 is 0 Å². The standard InChI is InChI=1S/C25H31N3O4S2.C24H29N3O5S2/c1-4-5-19-6-8-20(9-7-19)16-21-18-33-25(26-21)27-12-14-28(15-13-27)34(29,30)22-10-11-23(31-2)24(17-22)32-3;1-4-32-20-7-5-18(6-8-20)15-19-17-33-24(25-19)26-11-13-27(14-12-26)34(28,29)21-9-10-22(30-2)23(16-21)31-3/h6-11,17-18H,4-5,12-16H2,1-3H3;5-10,16-17H,4,11-15H2,1-3H3. The lowest BCUT2D eigenvalue weighted by Crippen LogP contribution is -2.48. The topological polar surface area (TPSA) is 153 Å². The number of aryl methyl sites for hydroxylation is 1. The predicted octanol–water partition coefficient (Wildman–Crippen LogP) is 7.88. The molecule has 2 aromatic heterocycles. The Morgan fingerprint density at radius 2 is 0.912 bits per heavy atom. The zero-order valence-corrected chi connectivity index (χ0v) is 42.7. The fourth-order valence-corrected chi connectivity index (χ4v) is 12.6. The number of benzene rings is 4. The molecule has 2 aliphatic heterocycles. The van der Waals surface area contributed by atoms with Gasteiger partial charge in [-0.3, -0.25) is 0 Å². The van der Waals surface area contributed by atoms with Gasteiger partial charge in [0.1, 0.15) is 5.75 Å². The van der Waals surface area contributed by atoms with E-state index in [4.69, 9.17) is 33.7 Å². The quantitative estimate of drug-likeness (QED) is 0.0822. The third-order valence-corrected chi connectivity index (χ3v) is 17.3. The Balaban J connectivity index is 0.000000201. The maximum atomic E-state index is 13.2. The number of anilines is 2. The van der Waals surface area contributed by atoms with E-state index in [-0.39, 0.29) is 9.79 Å². The van der Waals surface area contributed by atoms with Crippen molar-refractivity contribution in [3.8, 4) is 28.7 Å². The second kappa shape index (κ2) is 23.2. The molecular formula is C49H60N6O9S4. The predicted molar refractivity (Wildman–Crippen MR) is 269 cm³/mol. The minimum Gasteiger partial charge on any atom is -0.494 e. The first-order valence-corrected chi connectivity index (χ1v) is 27.2. The number of ether oxygens (including phenoxy) is 5. The molecule has 0 aliphatic carbocycles. The molecule has 0 bridgehead atoms. The van der Waals surface area contributed by atoms with Crippen LogP contribution in [0.3, 0.4) is 0 Å². The second-order valence-electron chi connectivity index (χ2n) is 16.1. The van der Waals surface area contributed by atoms with E-state index in [2.05, 4.69) is 63.9 Å². The van der Waals surface area contributed by atoms with Crippen LogP contribution >= 0.6 is 22.7 Å². The smallest absolute Gasteiger partial charge is 0.243 e. The highest BCUT2D eigenvalue weighted by Crippen LogP contribution is 2.34. The van der Waals surface area contributed by atoms with Crippen LogP contribution in [0.4, 0.5) is 10.3 Å². The average molecular weight is 1010 g/mol. The van der Waals surface area contributed by atoms with Gasteiger partial charge in [0, 0.05) is 88.1 Å². The van der Waals surface area contributed by atoms with Crippen molar-refractivity contribution in [2.45, 2.75) is 49.3 Å². The van der Waals surface area contributed by atoms with Crippen LogP contribution in [-0.4, -0.2) is 123 Å². The minimum absolute atomic E-state index is 0.200. The number of aromatic nitrogens is 2. The van der Waals surface area contributed by atoms with Crippen LogP contribution in [0.1, 0.15) is 48.3 Å². The number of hydrogen-bond acceptors (Lipinski definition) is 15. The van der Waals surface area contributed by atoms with Crippen LogP contribution in [0.2, 0.25) is 0 Å². The van der Waals surface area contributed by atoms with Crippen LogP contribution in [0.15, 0.2) is 105 Å². The third kappa shape index (κ3) is 12.2. The fourth-order valence-electron chi connectivity index (χ4n) is 7.94. The van der Waals surface area contributed by atoms with Crippen LogP contribution in [-0.2, 0) is 39.3 Å². The van der Waals surface area contributed by atoms with Crippen molar-refractivity contribution in [1.82, 2.24) is 18.6 Å². The van der Waals surface area contributed by atoms with Crippen LogP contribution in [0.25, 0.3) is 0 Å². The molecule has 0 N–H and O–H groups in total. The molecule has 2 fully saturated rings. The summed E-state index contributed by atoms with van der Waals surface area (Å²) in [4.78, 5) is 14.3. The van der Waals surface area contributed by atoms with Crippen molar-refractivity contribution >= 4 is 53.0 Å². The molecule has 0 unspecified atom stereocenters. The van der Waals surface area contributed by atoms with Crippen molar-refractivity contribution in [1.29, 1.82) is 0 Å². The maximum absolute atomic E-state index is 13.2. The third-order valence-electron chi connectivity index (χ3n) is 11.6. The highest BCUT2D eigenvalue weighted by Gasteiger charge is 2.32. The summed E-state index contributed by atoms with van der Waals surface area (Å²) in [6, 6.07) is 26.2. The molecule has 15 nitrogen and oxygen atoms in total. The van der Waals surface area contributed by atoms with E-state index < -0.39 is 20.0 Å². The molecule has 364 valence electrons. The Bertz CT molecular complexity index is 2600. The molecule has 0 atom stereocenters. The van der Waals surface area contributed by atoms with Crippen LogP contribution < -0.4 is 33.5 Å². The summed E-state index contributed by atoms with van der Waals surface area (Å²) in [6.45, 7) is 8.79. The van der Waals surface area contributed by atoms with E-state index in [9.17, 15) is 16.8 Å². The van der Waals surface area contributed by atoms with Gasteiger partial charge in [-0.15, -0.1) is 22.7 Å². The van der Waals surface area contributed by atoms with Gasteiger partial charge in [-0.05, 0) is 66.4 Å². The summed E-state index contributed by atoms with van der Waals surface area (Å²) in [5.41, 5.74) is 5.84. The second-order valence-corrected chi connectivity index (χ2v) is 21.6. The number of rotatable bonds is 18. The molecule has 19 heteroatoms. The lowest BCUT2D eigenvalue weighted by molar-refractivity contribution is 0.340. The van der Waals surface area contributed by atoms with E-state index >= 15 is 0 Å². The molecule has 0 spiro atoms. The molecule has 2 aliphatic rings. The van der Waals surface area contributed by atoms with Crippen LogP contribution in [0, 0.1) is 0 Å². The van der Waals surface area contributed by atoms with Crippen molar-refractivity contribution in [2.75, 3.05) is 97.2 Å². The summed E-state index contributed by atoms with van der Waals surface area (Å²) in [5, 5.41) is 6.03. The minimum atomic E-state index is -3.62. The normalized spacial score (nSPS) is 14.8. The molecule has 8 rings (SSSR count). The maximum Gasteiger partial charge on any atom is 0.243 e. The molecular weight excluding hydrogens is 945 g/mol. The monoisotopic (exact) mass is 1000 g/mol. The van der Waals surface area contributed by atoms with Crippen molar-refractivity contribution < 1.29 is 40.5 Å². The lowest BCUT2D eigenvalue weighted by atomic mass is 10.1. The Morgan fingerprint density at radius 3 is 1.29 bits per heavy atom. The van der Waals surface area contributed by atoms with Gasteiger partial charge in [0.05, 0.1) is 56.2 Å². The van der Waals surface area contributed by atoms with Gasteiger partial charge in [-0.25, -0.2) is 26.8 Å². The number of hydrogen-bond donors (Lipinski definition) is 0. The Morgan fingerprint density at radius 1 is 0.515 bits per heavy atom. The molecule has 2 saturated heterocycles. The number of sulfonamides is 2. The van der Waals surface area contributed by atoms with Crippen molar-refractivity contribution in [3.05, 3.63) is 124 Å². The van der Waals surface area contributed by atoms with Crippen LogP contribution in [0.5, 0.6) is 28.7 Å². The lowest BCUT2D eigenvalue weighted by Gasteiger charge is -2.33. The zero-order valence-electron chi connectivity index (χ0n) is 39.4. The van der Waals surface area contributed by atoms with E-state index in [1.807, 2.05) is 19.1 Å². The number of piperazine rings is 2. The van der Waals surface area contributed by atoms with E-state index in [1.165, 1.54) is 65.9 Å². The molecule has 0 saturated carbocycles. The summed E-state index contributed by atoms with van der Waals surface area (Å²) >= 11 is 3.21. The van der Waals surface area contributed by atoms with E-state index in [0.29, 0.717) is 82.0 Å². The number of thiazole rings is 2. The number of methoxy groups -OCH3 is 4. The fraction of sp³-hybridized carbons (Fsp3) is 0.388. The van der Waals surface area contributed by atoms with Gasteiger partial charge in [0.25, 0.3) is 0 Å². The largest absolute Gasteiger partial charge is 0.494 e. The molecule has 4 aromatic carbocycles. The van der Waals surface area contributed by atoms with Crippen molar-refractivity contribution in [2.24, 2.45) is 0 Å². The Hall–Kier alpha value is -5.44. The summed E-state index contributed by atoms with van der Waals surface area (Å²) < 4.78 is 82.2. The molecule has 4 heterocycles. The highest BCUT2D eigenvalue weighted by atomic mass is 32.2. The van der Waals surface area contributed by atoms with Crippen molar-refractivity contribution in [3.63, 3.8) is 0 Å². The SMILES string of the molecule is CCCc1ccc(Cc2csc(N3CCN(S(=O)(=O)c4ccc(OC)c(OC)c4)CC3)n2)cc1.CCOc1ccc(Cc2csc(N3CCN(S(=O)(=O)c4ccc(OC)c(OC)c4)CC3)n2)cc1. The number of nitrogens with zero attached hydrogens (tertiary/aromatic N) is 6. The summed E-state index contributed by atoms with van der Waals surface area (Å²) in [7, 11) is -1.20. The first kappa shape index (κ1) is 50.4. The Labute approximate surface area is 408 Å².